The van der Waals surface area contributed by atoms with Crippen LogP contribution in [0, 0.1) is 0 Å². The summed E-state index contributed by atoms with van der Waals surface area (Å²) in [4.78, 5) is 15.6. The summed E-state index contributed by atoms with van der Waals surface area (Å²) >= 11 is 0. The first kappa shape index (κ1) is 19.5. The van der Waals surface area contributed by atoms with Crippen molar-refractivity contribution in [3.8, 4) is 11.3 Å². The smallest absolute Gasteiger partial charge is 0.297 e. The van der Waals surface area contributed by atoms with Gasteiger partial charge in [0.25, 0.3) is 0 Å². The number of piperidine rings is 1. The second-order valence-electron chi connectivity index (χ2n) is 7.28. The van der Waals surface area contributed by atoms with Gasteiger partial charge in [-0.25, -0.2) is 4.98 Å². The van der Waals surface area contributed by atoms with Gasteiger partial charge >= 0.3 is 6.18 Å². The molecule has 0 N–H and O–H groups in total. The maximum Gasteiger partial charge on any atom is 0.416 e. The number of aromatic nitrogens is 3. The summed E-state index contributed by atoms with van der Waals surface area (Å²) in [6.45, 7) is 2.68. The monoisotopic (exact) mass is 398 g/mol. The highest BCUT2D eigenvalue weighted by molar-refractivity contribution is 5.59. The number of pyridine rings is 1. The van der Waals surface area contributed by atoms with Crippen molar-refractivity contribution < 1.29 is 13.2 Å². The lowest BCUT2D eigenvalue weighted by Gasteiger charge is -2.31. The van der Waals surface area contributed by atoms with Crippen molar-refractivity contribution in [1.29, 1.82) is 0 Å². The van der Waals surface area contributed by atoms with E-state index < -0.39 is 11.7 Å². The summed E-state index contributed by atoms with van der Waals surface area (Å²) in [5, 5.41) is 0. The van der Waals surface area contributed by atoms with Gasteiger partial charge in [-0.05, 0) is 50.2 Å². The van der Waals surface area contributed by atoms with Gasteiger partial charge in [0, 0.05) is 30.4 Å². The molecule has 0 atom stereocenters. The summed E-state index contributed by atoms with van der Waals surface area (Å²) in [5.41, 5.74) is 2.13. The van der Waals surface area contributed by atoms with Crippen LogP contribution in [0.1, 0.15) is 35.7 Å². The van der Waals surface area contributed by atoms with E-state index in [2.05, 4.69) is 19.9 Å². The Balaban J connectivity index is 1.45. The van der Waals surface area contributed by atoms with Crippen LogP contribution in [0.25, 0.3) is 11.3 Å². The molecule has 0 amide bonds. The maximum absolute atomic E-state index is 13.0. The average Bonchev–Trinajstić information content (AvgIpc) is 2.75. The van der Waals surface area contributed by atoms with Crippen molar-refractivity contribution in [3.63, 3.8) is 0 Å². The Morgan fingerprint density at radius 3 is 2.55 bits per heavy atom. The summed E-state index contributed by atoms with van der Waals surface area (Å²) in [6, 6.07) is 11.2. The Morgan fingerprint density at radius 1 is 1.00 bits per heavy atom. The van der Waals surface area contributed by atoms with E-state index in [0.717, 1.165) is 56.0 Å². The quantitative estimate of drug-likeness (QED) is 0.625. The highest BCUT2D eigenvalue weighted by atomic mass is 19.4. The SMILES string of the molecule is FC(F)(F)c1cccc(-c2cncc(C3CCN(Cc4ccccn4)CC3)n2)c1. The molecule has 0 aliphatic carbocycles. The summed E-state index contributed by atoms with van der Waals surface area (Å²) in [7, 11) is 0. The van der Waals surface area contributed by atoms with Crippen molar-refractivity contribution in [2.45, 2.75) is 31.5 Å². The topological polar surface area (TPSA) is 41.9 Å². The van der Waals surface area contributed by atoms with E-state index in [1.54, 1.807) is 18.5 Å². The van der Waals surface area contributed by atoms with Gasteiger partial charge in [0.1, 0.15) is 0 Å². The summed E-state index contributed by atoms with van der Waals surface area (Å²) in [6.07, 6.45) is 2.56. The van der Waals surface area contributed by atoms with Crippen LogP contribution < -0.4 is 0 Å². The Kier molecular flexibility index (Phi) is 5.58. The molecular formula is C22H21F3N4. The zero-order valence-corrected chi connectivity index (χ0v) is 15.8. The van der Waals surface area contributed by atoms with Crippen LogP contribution in [-0.4, -0.2) is 32.9 Å². The first-order valence-electron chi connectivity index (χ1n) is 9.61. The minimum atomic E-state index is -4.37. The maximum atomic E-state index is 13.0. The first-order valence-corrected chi connectivity index (χ1v) is 9.61. The Bertz CT molecular complexity index is 952. The van der Waals surface area contributed by atoms with E-state index in [4.69, 9.17) is 0 Å². The van der Waals surface area contributed by atoms with Crippen molar-refractivity contribution in [3.05, 3.63) is 78.0 Å². The number of benzene rings is 1. The largest absolute Gasteiger partial charge is 0.416 e. The molecule has 3 aromatic rings. The third-order valence-corrected chi connectivity index (χ3v) is 5.26. The molecule has 0 radical (unpaired) electrons. The second kappa shape index (κ2) is 8.29. The fraction of sp³-hybridized carbons (Fsp3) is 0.318. The van der Waals surface area contributed by atoms with Crippen molar-refractivity contribution in [2.24, 2.45) is 0 Å². The van der Waals surface area contributed by atoms with Crippen molar-refractivity contribution >= 4 is 0 Å². The van der Waals surface area contributed by atoms with Gasteiger partial charge in [0.2, 0.25) is 0 Å². The minimum absolute atomic E-state index is 0.258. The van der Waals surface area contributed by atoms with Gasteiger partial charge in [-0.1, -0.05) is 18.2 Å². The van der Waals surface area contributed by atoms with Gasteiger partial charge < -0.3 is 0 Å². The standard InChI is InChI=1S/C22H21F3N4/c23-22(24,25)18-5-3-4-17(12-18)21-14-26-13-20(28-21)16-7-10-29(11-8-16)15-19-6-1-2-9-27-19/h1-6,9,12-14,16H,7-8,10-11,15H2. The summed E-state index contributed by atoms with van der Waals surface area (Å²) < 4.78 is 39.0. The molecule has 1 aliphatic rings. The molecule has 150 valence electrons. The third kappa shape index (κ3) is 4.79. The lowest BCUT2D eigenvalue weighted by Crippen LogP contribution is -2.33. The van der Waals surface area contributed by atoms with Gasteiger partial charge in [-0.2, -0.15) is 13.2 Å². The summed E-state index contributed by atoms with van der Waals surface area (Å²) in [5.74, 6) is 0.258. The zero-order valence-electron chi connectivity index (χ0n) is 15.8. The van der Waals surface area contributed by atoms with Crippen LogP contribution in [0.4, 0.5) is 13.2 Å². The van der Waals surface area contributed by atoms with Gasteiger partial charge in [0.05, 0.1) is 28.8 Å². The molecule has 7 heteroatoms. The van der Waals surface area contributed by atoms with Gasteiger partial charge in [0.15, 0.2) is 0 Å². The van der Waals surface area contributed by atoms with Crippen molar-refractivity contribution in [1.82, 2.24) is 19.9 Å². The molecular weight excluding hydrogens is 377 g/mol. The van der Waals surface area contributed by atoms with Crippen LogP contribution in [0.3, 0.4) is 0 Å². The highest BCUT2D eigenvalue weighted by Gasteiger charge is 2.30. The van der Waals surface area contributed by atoms with Crippen LogP contribution in [0.2, 0.25) is 0 Å². The number of halogens is 3. The molecule has 0 spiro atoms. The Labute approximate surface area is 167 Å². The fourth-order valence-electron chi connectivity index (χ4n) is 3.68. The molecule has 1 fully saturated rings. The van der Waals surface area contributed by atoms with Gasteiger partial charge in [-0.3, -0.25) is 14.9 Å². The molecule has 1 aromatic carbocycles. The number of likely N-dealkylation sites (tertiary alicyclic amines) is 1. The normalized spacial score (nSPS) is 16.1. The zero-order chi connectivity index (χ0) is 20.3. The van der Waals surface area contributed by atoms with E-state index in [9.17, 15) is 13.2 Å². The molecule has 1 aliphatic heterocycles. The number of hydrogen-bond donors (Lipinski definition) is 0. The predicted octanol–water partition coefficient (Wildman–Crippen LogP) is 4.94. The fourth-order valence-corrected chi connectivity index (χ4v) is 3.68. The molecule has 0 saturated carbocycles. The molecule has 4 rings (SSSR count). The van der Waals surface area contributed by atoms with E-state index in [0.29, 0.717) is 11.3 Å². The average molecular weight is 398 g/mol. The van der Waals surface area contributed by atoms with E-state index in [-0.39, 0.29) is 5.92 Å². The van der Waals surface area contributed by atoms with E-state index in [1.165, 1.54) is 12.3 Å². The van der Waals surface area contributed by atoms with Crippen molar-refractivity contribution in [2.75, 3.05) is 13.1 Å². The number of alkyl halides is 3. The molecule has 29 heavy (non-hydrogen) atoms. The Hall–Kier alpha value is -2.80. The third-order valence-electron chi connectivity index (χ3n) is 5.26. The molecule has 4 nitrogen and oxygen atoms in total. The number of rotatable bonds is 4. The number of nitrogens with zero attached hydrogens (tertiary/aromatic N) is 4. The molecule has 0 unspecified atom stereocenters. The second-order valence-corrected chi connectivity index (χ2v) is 7.28. The molecule has 3 heterocycles. The molecule has 2 aromatic heterocycles. The lowest BCUT2D eigenvalue weighted by atomic mass is 9.93. The van der Waals surface area contributed by atoms with Crippen LogP contribution >= 0.6 is 0 Å². The Morgan fingerprint density at radius 2 is 1.83 bits per heavy atom. The highest BCUT2D eigenvalue weighted by Crippen LogP contribution is 2.32. The predicted molar refractivity (Wildman–Crippen MR) is 104 cm³/mol. The number of hydrogen-bond acceptors (Lipinski definition) is 4. The van der Waals surface area contributed by atoms with Gasteiger partial charge in [-0.15, -0.1) is 0 Å². The minimum Gasteiger partial charge on any atom is -0.297 e. The molecule has 0 bridgehead atoms. The van der Waals surface area contributed by atoms with Crippen LogP contribution in [0.5, 0.6) is 0 Å². The van der Waals surface area contributed by atoms with Crippen LogP contribution in [-0.2, 0) is 12.7 Å². The van der Waals surface area contributed by atoms with E-state index in [1.807, 2.05) is 18.2 Å². The lowest BCUT2D eigenvalue weighted by molar-refractivity contribution is -0.137. The first-order chi connectivity index (χ1) is 14.0. The van der Waals surface area contributed by atoms with E-state index >= 15 is 0 Å². The molecule has 1 saturated heterocycles. The van der Waals surface area contributed by atoms with Crippen LogP contribution in [0.15, 0.2) is 61.1 Å².